The van der Waals surface area contributed by atoms with Crippen molar-refractivity contribution in [1.29, 1.82) is 0 Å². The predicted molar refractivity (Wildman–Crippen MR) is 75.2 cm³/mol. The smallest absolute Gasteiger partial charge is 0.414 e. The van der Waals surface area contributed by atoms with Gasteiger partial charge in [-0.2, -0.15) is 0 Å². The SMILES string of the molecule is Cc1ccc(N2CCOC2=O)c(-c2ccc(F)c(F)c2)c1. The second-order valence-electron chi connectivity index (χ2n) is 4.92. The maximum atomic E-state index is 13.5. The molecule has 0 radical (unpaired) electrons. The van der Waals surface area contributed by atoms with Crippen molar-refractivity contribution in [2.75, 3.05) is 18.1 Å². The highest BCUT2D eigenvalue weighted by molar-refractivity contribution is 5.95. The molecule has 0 N–H and O–H groups in total. The third kappa shape index (κ3) is 2.46. The number of carbonyl (C=O) groups excluding carboxylic acids is 1. The molecule has 0 atom stereocenters. The van der Waals surface area contributed by atoms with Crippen molar-refractivity contribution < 1.29 is 18.3 Å². The van der Waals surface area contributed by atoms with Crippen LogP contribution in [0.4, 0.5) is 19.3 Å². The van der Waals surface area contributed by atoms with Crippen LogP contribution in [0.1, 0.15) is 5.56 Å². The fourth-order valence-corrected chi connectivity index (χ4v) is 2.39. The minimum atomic E-state index is -0.913. The summed E-state index contributed by atoms with van der Waals surface area (Å²) in [5, 5.41) is 0. The Balaban J connectivity index is 2.14. The van der Waals surface area contributed by atoms with Gasteiger partial charge in [-0.1, -0.05) is 17.7 Å². The van der Waals surface area contributed by atoms with Crippen LogP contribution in [0.2, 0.25) is 0 Å². The Kier molecular flexibility index (Phi) is 3.33. The van der Waals surface area contributed by atoms with Gasteiger partial charge >= 0.3 is 6.09 Å². The molecule has 1 aliphatic rings. The largest absolute Gasteiger partial charge is 0.447 e. The number of hydrogen-bond donors (Lipinski definition) is 0. The zero-order valence-corrected chi connectivity index (χ0v) is 11.4. The molecule has 3 nitrogen and oxygen atoms in total. The van der Waals surface area contributed by atoms with Crippen molar-refractivity contribution in [2.45, 2.75) is 6.92 Å². The number of cyclic esters (lactones) is 1. The first-order chi connectivity index (χ1) is 10.1. The minimum Gasteiger partial charge on any atom is -0.447 e. The molecule has 2 aromatic rings. The molecule has 1 fully saturated rings. The van der Waals surface area contributed by atoms with Gasteiger partial charge in [0.2, 0.25) is 0 Å². The summed E-state index contributed by atoms with van der Waals surface area (Å²) in [6, 6.07) is 9.21. The highest BCUT2D eigenvalue weighted by atomic mass is 19.2. The molecule has 1 heterocycles. The second-order valence-corrected chi connectivity index (χ2v) is 4.92. The van der Waals surface area contributed by atoms with Gasteiger partial charge in [-0.3, -0.25) is 4.90 Å². The summed E-state index contributed by atoms with van der Waals surface area (Å²) in [6.07, 6.45) is -0.428. The minimum absolute atomic E-state index is 0.323. The number of benzene rings is 2. The molecule has 1 saturated heterocycles. The van der Waals surface area contributed by atoms with Crippen LogP contribution >= 0.6 is 0 Å². The average Bonchev–Trinajstić information content (AvgIpc) is 2.88. The Hall–Kier alpha value is -2.43. The quantitative estimate of drug-likeness (QED) is 0.839. The van der Waals surface area contributed by atoms with E-state index in [4.69, 9.17) is 4.74 Å². The lowest BCUT2D eigenvalue weighted by Crippen LogP contribution is -2.24. The van der Waals surface area contributed by atoms with E-state index in [0.717, 1.165) is 17.7 Å². The van der Waals surface area contributed by atoms with Gasteiger partial charge < -0.3 is 4.74 Å². The molecule has 0 unspecified atom stereocenters. The molecule has 21 heavy (non-hydrogen) atoms. The third-order valence-corrected chi connectivity index (χ3v) is 3.43. The second kappa shape index (κ2) is 5.16. The molecule has 0 aliphatic carbocycles. The Morgan fingerprint density at radius 1 is 1.10 bits per heavy atom. The number of nitrogens with zero attached hydrogens (tertiary/aromatic N) is 1. The van der Waals surface area contributed by atoms with Crippen molar-refractivity contribution in [2.24, 2.45) is 0 Å². The number of rotatable bonds is 2. The lowest BCUT2D eigenvalue weighted by Gasteiger charge is -2.18. The maximum absolute atomic E-state index is 13.5. The monoisotopic (exact) mass is 289 g/mol. The van der Waals surface area contributed by atoms with Gasteiger partial charge in [-0.05, 0) is 36.8 Å². The molecule has 1 amide bonds. The lowest BCUT2D eigenvalue weighted by molar-refractivity contribution is 0.181. The summed E-state index contributed by atoms with van der Waals surface area (Å²) in [7, 11) is 0. The summed E-state index contributed by atoms with van der Waals surface area (Å²) in [4.78, 5) is 13.2. The fraction of sp³-hybridized carbons (Fsp3) is 0.188. The van der Waals surface area contributed by atoms with Gasteiger partial charge in [0.1, 0.15) is 6.61 Å². The van der Waals surface area contributed by atoms with Crippen LogP contribution < -0.4 is 4.90 Å². The number of anilines is 1. The van der Waals surface area contributed by atoms with E-state index in [1.54, 1.807) is 6.07 Å². The Bertz CT molecular complexity index is 715. The van der Waals surface area contributed by atoms with E-state index in [0.29, 0.717) is 30.0 Å². The molecule has 0 spiro atoms. The first kappa shape index (κ1) is 13.5. The number of ether oxygens (including phenoxy) is 1. The molecule has 0 bridgehead atoms. The third-order valence-electron chi connectivity index (χ3n) is 3.43. The maximum Gasteiger partial charge on any atom is 0.414 e. The summed E-state index contributed by atoms with van der Waals surface area (Å²) in [5.74, 6) is -1.81. The first-order valence-corrected chi connectivity index (χ1v) is 6.56. The van der Waals surface area contributed by atoms with Crippen molar-refractivity contribution in [3.63, 3.8) is 0 Å². The van der Waals surface area contributed by atoms with Crippen LogP contribution in [0.25, 0.3) is 11.1 Å². The Labute approximate surface area is 120 Å². The van der Waals surface area contributed by atoms with E-state index in [1.807, 2.05) is 19.1 Å². The standard InChI is InChI=1S/C16H13F2NO2/c1-10-2-5-15(19-6-7-21-16(19)20)12(8-10)11-3-4-13(17)14(18)9-11/h2-5,8-9H,6-7H2,1H3. The topological polar surface area (TPSA) is 29.5 Å². The van der Waals surface area contributed by atoms with E-state index >= 15 is 0 Å². The molecular formula is C16H13F2NO2. The summed E-state index contributed by atoms with van der Waals surface area (Å²) in [5.41, 5.74) is 2.79. The van der Waals surface area contributed by atoms with Crippen molar-refractivity contribution >= 4 is 11.8 Å². The van der Waals surface area contributed by atoms with Crippen molar-refractivity contribution in [1.82, 2.24) is 0 Å². The summed E-state index contributed by atoms with van der Waals surface area (Å²) in [6.45, 7) is 2.66. The first-order valence-electron chi connectivity index (χ1n) is 6.56. The van der Waals surface area contributed by atoms with Crippen molar-refractivity contribution in [3.8, 4) is 11.1 Å². The molecule has 108 valence electrons. The molecule has 1 aliphatic heterocycles. The van der Waals surface area contributed by atoms with E-state index in [9.17, 15) is 13.6 Å². The van der Waals surface area contributed by atoms with E-state index in [2.05, 4.69) is 0 Å². The fourth-order valence-electron chi connectivity index (χ4n) is 2.39. The number of amides is 1. The van der Waals surface area contributed by atoms with Gasteiger partial charge in [-0.15, -0.1) is 0 Å². The number of hydrogen-bond acceptors (Lipinski definition) is 2. The van der Waals surface area contributed by atoms with E-state index in [1.165, 1.54) is 11.0 Å². The molecule has 0 saturated carbocycles. The van der Waals surface area contributed by atoms with Gasteiger partial charge in [-0.25, -0.2) is 13.6 Å². The van der Waals surface area contributed by atoms with Crippen molar-refractivity contribution in [3.05, 3.63) is 53.6 Å². The highest BCUT2D eigenvalue weighted by Gasteiger charge is 2.26. The lowest BCUT2D eigenvalue weighted by atomic mass is 10.0. The van der Waals surface area contributed by atoms with Crippen LogP contribution in [-0.2, 0) is 4.74 Å². The van der Waals surface area contributed by atoms with Crippen LogP contribution in [0.5, 0.6) is 0 Å². The molecule has 5 heteroatoms. The van der Waals surface area contributed by atoms with Gasteiger partial charge in [0.05, 0.1) is 12.2 Å². The normalized spacial score (nSPS) is 14.4. The zero-order valence-electron chi connectivity index (χ0n) is 11.4. The molecule has 2 aromatic carbocycles. The van der Waals surface area contributed by atoms with E-state index in [-0.39, 0.29) is 0 Å². The number of halogens is 2. The molecule has 3 rings (SSSR count). The van der Waals surface area contributed by atoms with Gasteiger partial charge in [0.15, 0.2) is 11.6 Å². The van der Waals surface area contributed by atoms with Gasteiger partial charge in [0.25, 0.3) is 0 Å². The summed E-state index contributed by atoms with van der Waals surface area (Å²) < 4.78 is 31.5. The predicted octanol–water partition coefficient (Wildman–Crippen LogP) is 3.90. The van der Waals surface area contributed by atoms with Crippen LogP contribution in [0.15, 0.2) is 36.4 Å². The van der Waals surface area contributed by atoms with Crippen LogP contribution in [0.3, 0.4) is 0 Å². The summed E-state index contributed by atoms with van der Waals surface area (Å²) >= 11 is 0. The van der Waals surface area contributed by atoms with Gasteiger partial charge in [0, 0.05) is 5.56 Å². The molecule has 0 aromatic heterocycles. The number of carbonyl (C=O) groups is 1. The average molecular weight is 289 g/mol. The Morgan fingerprint density at radius 3 is 2.57 bits per heavy atom. The molecular weight excluding hydrogens is 276 g/mol. The van der Waals surface area contributed by atoms with E-state index < -0.39 is 17.7 Å². The number of aryl methyl sites for hydroxylation is 1. The Morgan fingerprint density at radius 2 is 1.90 bits per heavy atom. The highest BCUT2D eigenvalue weighted by Crippen LogP contribution is 2.34. The van der Waals surface area contributed by atoms with Crippen LogP contribution in [0, 0.1) is 18.6 Å². The zero-order chi connectivity index (χ0) is 15.0. The van der Waals surface area contributed by atoms with Crippen LogP contribution in [-0.4, -0.2) is 19.2 Å².